The third-order valence-electron chi connectivity index (χ3n) is 2.02. The number of aldehydes is 1. The van der Waals surface area contributed by atoms with Crippen molar-refractivity contribution in [3.8, 4) is 0 Å². The SMILES string of the molecule is O=CC(c1cccc(C(F)(F)F)c1)C(F)F. The molecule has 0 amide bonds. The van der Waals surface area contributed by atoms with Gasteiger partial charge in [0.2, 0.25) is 0 Å². The van der Waals surface area contributed by atoms with Crippen LogP contribution in [0.4, 0.5) is 22.0 Å². The Hall–Kier alpha value is -1.46. The predicted octanol–water partition coefficient (Wildman–Crippen LogP) is 3.25. The van der Waals surface area contributed by atoms with E-state index in [0.717, 1.165) is 18.2 Å². The lowest BCUT2D eigenvalue weighted by Crippen LogP contribution is -2.12. The summed E-state index contributed by atoms with van der Waals surface area (Å²) in [6, 6.07) is 3.39. The Morgan fingerprint density at radius 2 is 1.81 bits per heavy atom. The summed E-state index contributed by atoms with van der Waals surface area (Å²) in [5.74, 6) is -1.82. The number of rotatable bonds is 3. The molecule has 0 fully saturated rings. The fraction of sp³-hybridized carbons (Fsp3) is 0.300. The first-order valence-electron chi connectivity index (χ1n) is 4.27. The van der Waals surface area contributed by atoms with E-state index in [0.29, 0.717) is 6.07 Å². The summed E-state index contributed by atoms with van der Waals surface area (Å²) in [6.07, 6.45) is -7.67. The molecule has 1 rings (SSSR count). The molecule has 1 unspecified atom stereocenters. The molecular formula is C10H7F5O. The van der Waals surface area contributed by atoms with Gasteiger partial charge in [-0.3, -0.25) is 0 Å². The van der Waals surface area contributed by atoms with Gasteiger partial charge < -0.3 is 4.79 Å². The molecule has 6 heteroatoms. The summed E-state index contributed by atoms with van der Waals surface area (Å²) in [5.41, 5.74) is -1.38. The van der Waals surface area contributed by atoms with Crippen LogP contribution in [-0.2, 0) is 11.0 Å². The number of carbonyl (C=O) groups excluding carboxylic acids is 1. The number of halogens is 5. The van der Waals surface area contributed by atoms with Gasteiger partial charge in [0, 0.05) is 0 Å². The van der Waals surface area contributed by atoms with Gasteiger partial charge in [-0.1, -0.05) is 18.2 Å². The van der Waals surface area contributed by atoms with Crippen LogP contribution in [0.25, 0.3) is 0 Å². The Balaban J connectivity index is 3.11. The van der Waals surface area contributed by atoms with E-state index >= 15 is 0 Å². The van der Waals surface area contributed by atoms with E-state index in [1.54, 1.807) is 0 Å². The molecule has 0 saturated heterocycles. The highest BCUT2D eigenvalue weighted by atomic mass is 19.4. The van der Waals surface area contributed by atoms with Crippen molar-refractivity contribution >= 4 is 6.29 Å². The van der Waals surface area contributed by atoms with Crippen molar-refractivity contribution in [3.05, 3.63) is 35.4 Å². The van der Waals surface area contributed by atoms with Crippen molar-refractivity contribution in [2.45, 2.75) is 18.5 Å². The molecule has 16 heavy (non-hydrogen) atoms. The third-order valence-corrected chi connectivity index (χ3v) is 2.02. The van der Waals surface area contributed by atoms with Gasteiger partial charge in [-0.25, -0.2) is 8.78 Å². The maximum Gasteiger partial charge on any atom is 0.416 e. The van der Waals surface area contributed by atoms with Gasteiger partial charge >= 0.3 is 6.18 Å². The van der Waals surface area contributed by atoms with E-state index in [9.17, 15) is 26.7 Å². The molecule has 0 aromatic heterocycles. The minimum Gasteiger partial charge on any atom is -0.302 e. The molecule has 0 saturated carbocycles. The first kappa shape index (κ1) is 12.6. The highest BCUT2D eigenvalue weighted by Gasteiger charge is 2.32. The molecule has 88 valence electrons. The first-order valence-corrected chi connectivity index (χ1v) is 4.27. The molecule has 0 radical (unpaired) electrons. The maximum atomic E-state index is 12.3. The van der Waals surface area contributed by atoms with Gasteiger partial charge in [0.25, 0.3) is 6.43 Å². The zero-order valence-electron chi connectivity index (χ0n) is 7.84. The summed E-state index contributed by atoms with van der Waals surface area (Å²) in [7, 11) is 0. The summed E-state index contributed by atoms with van der Waals surface area (Å²) in [6.45, 7) is 0. The highest BCUT2D eigenvalue weighted by Crippen LogP contribution is 2.31. The summed E-state index contributed by atoms with van der Waals surface area (Å²) in [5, 5.41) is 0. The zero-order valence-corrected chi connectivity index (χ0v) is 7.84. The van der Waals surface area contributed by atoms with E-state index in [2.05, 4.69) is 0 Å². The lowest BCUT2D eigenvalue weighted by atomic mass is 9.99. The van der Waals surface area contributed by atoms with Crippen molar-refractivity contribution in [2.24, 2.45) is 0 Å². The Kier molecular flexibility index (Phi) is 3.62. The van der Waals surface area contributed by atoms with E-state index in [1.807, 2.05) is 0 Å². The third kappa shape index (κ3) is 2.77. The topological polar surface area (TPSA) is 17.1 Å². The predicted molar refractivity (Wildman–Crippen MR) is 46.3 cm³/mol. The summed E-state index contributed by atoms with van der Waals surface area (Å²) in [4.78, 5) is 10.3. The van der Waals surface area contributed by atoms with Crippen molar-refractivity contribution < 1.29 is 26.7 Å². The normalized spacial score (nSPS) is 13.9. The van der Waals surface area contributed by atoms with Gasteiger partial charge in [0.1, 0.15) is 12.2 Å². The van der Waals surface area contributed by atoms with Crippen molar-refractivity contribution in [2.75, 3.05) is 0 Å². The molecule has 0 aliphatic heterocycles. The molecule has 0 aliphatic rings. The average molecular weight is 238 g/mol. The molecule has 1 aromatic carbocycles. The Morgan fingerprint density at radius 1 is 1.19 bits per heavy atom. The van der Waals surface area contributed by atoms with E-state index in [-0.39, 0.29) is 11.8 Å². The van der Waals surface area contributed by atoms with Gasteiger partial charge in [-0.05, 0) is 11.6 Å². The average Bonchev–Trinajstić information content (AvgIpc) is 2.17. The van der Waals surface area contributed by atoms with E-state index in [4.69, 9.17) is 0 Å². The van der Waals surface area contributed by atoms with Crippen LogP contribution in [0.3, 0.4) is 0 Å². The molecular weight excluding hydrogens is 231 g/mol. The minimum atomic E-state index is -4.61. The Morgan fingerprint density at radius 3 is 2.25 bits per heavy atom. The maximum absolute atomic E-state index is 12.3. The van der Waals surface area contributed by atoms with Crippen molar-refractivity contribution in [3.63, 3.8) is 0 Å². The lowest BCUT2D eigenvalue weighted by molar-refractivity contribution is -0.137. The smallest absolute Gasteiger partial charge is 0.302 e. The molecule has 1 aromatic rings. The van der Waals surface area contributed by atoms with Crippen LogP contribution in [0.5, 0.6) is 0 Å². The molecule has 0 spiro atoms. The molecule has 0 bridgehead atoms. The van der Waals surface area contributed by atoms with Gasteiger partial charge in [-0.15, -0.1) is 0 Å². The number of benzene rings is 1. The van der Waals surface area contributed by atoms with Crippen LogP contribution < -0.4 is 0 Å². The van der Waals surface area contributed by atoms with Gasteiger partial charge in [0.05, 0.1) is 5.56 Å². The molecule has 1 atom stereocenters. The summed E-state index contributed by atoms with van der Waals surface area (Å²) < 4.78 is 61.4. The Bertz CT molecular complexity index is 372. The van der Waals surface area contributed by atoms with Crippen LogP contribution in [0.15, 0.2) is 24.3 Å². The standard InChI is InChI=1S/C10H7F5O/c11-9(12)8(5-16)6-2-1-3-7(4-6)10(13,14)15/h1-5,8-9H. The number of hydrogen-bond donors (Lipinski definition) is 0. The van der Waals surface area contributed by atoms with Gasteiger partial charge in [-0.2, -0.15) is 13.2 Å². The van der Waals surface area contributed by atoms with Crippen LogP contribution in [-0.4, -0.2) is 12.7 Å². The van der Waals surface area contributed by atoms with Crippen LogP contribution in [0, 0.1) is 0 Å². The molecule has 1 nitrogen and oxygen atoms in total. The lowest BCUT2D eigenvalue weighted by Gasteiger charge is -2.12. The van der Waals surface area contributed by atoms with Gasteiger partial charge in [0.15, 0.2) is 0 Å². The van der Waals surface area contributed by atoms with Crippen molar-refractivity contribution in [1.29, 1.82) is 0 Å². The molecule has 0 N–H and O–H groups in total. The minimum absolute atomic E-state index is 0.0554. The number of alkyl halides is 5. The fourth-order valence-corrected chi connectivity index (χ4v) is 1.21. The van der Waals surface area contributed by atoms with Crippen molar-refractivity contribution in [1.82, 2.24) is 0 Å². The second-order valence-corrected chi connectivity index (χ2v) is 3.12. The highest BCUT2D eigenvalue weighted by molar-refractivity contribution is 5.63. The van der Waals surface area contributed by atoms with Crippen LogP contribution in [0.2, 0.25) is 0 Å². The zero-order chi connectivity index (χ0) is 12.3. The number of carbonyl (C=O) groups is 1. The second-order valence-electron chi connectivity index (χ2n) is 3.12. The molecule has 0 aliphatic carbocycles. The van der Waals surface area contributed by atoms with Crippen LogP contribution >= 0.6 is 0 Å². The second kappa shape index (κ2) is 4.59. The largest absolute Gasteiger partial charge is 0.416 e. The van der Waals surface area contributed by atoms with E-state index in [1.165, 1.54) is 0 Å². The monoisotopic (exact) mass is 238 g/mol. The fourth-order valence-electron chi connectivity index (χ4n) is 1.21. The van der Waals surface area contributed by atoms with Crippen LogP contribution in [0.1, 0.15) is 17.0 Å². The Labute approximate surface area is 87.9 Å². The first-order chi connectivity index (χ1) is 7.36. The quantitative estimate of drug-likeness (QED) is 0.583. The summed E-state index contributed by atoms with van der Waals surface area (Å²) >= 11 is 0. The molecule has 0 heterocycles. The van der Waals surface area contributed by atoms with E-state index < -0.39 is 24.1 Å². The number of hydrogen-bond acceptors (Lipinski definition) is 1.